The van der Waals surface area contributed by atoms with Gasteiger partial charge in [-0.1, -0.05) is 66.2 Å². The maximum atomic E-state index is 12.8. The molecule has 1 heterocycles. The Balaban J connectivity index is 1.01. The highest BCUT2D eigenvalue weighted by atomic mass is 32.2. The first-order valence-electron chi connectivity index (χ1n) is 15.2. The Hall–Kier alpha value is -5.74. The molecule has 1 atom stereocenters. The van der Waals surface area contributed by atoms with Crippen molar-refractivity contribution in [3.63, 3.8) is 0 Å². The fraction of sp³-hybridized carbons (Fsp3) is 0.132. The molecular formula is C38H31NO8S. The van der Waals surface area contributed by atoms with Gasteiger partial charge in [-0.3, -0.25) is 14.4 Å². The quantitative estimate of drug-likeness (QED) is 0.0844. The molecule has 5 aromatic carbocycles. The van der Waals surface area contributed by atoms with Gasteiger partial charge in [0.25, 0.3) is 0 Å². The van der Waals surface area contributed by atoms with Crippen molar-refractivity contribution in [3.8, 4) is 28.4 Å². The second-order valence-electron chi connectivity index (χ2n) is 11.3. The number of carbonyl (C=O) groups is 3. The molecule has 10 heteroatoms. The lowest BCUT2D eigenvalue weighted by molar-refractivity contribution is -0.147. The summed E-state index contributed by atoms with van der Waals surface area (Å²) >= 11 is 0. The second kappa shape index (κ2) is 13.9. The monoisotopic (exact) mass is 661 g/mol. The largest absolute Gasteiger partial charge is 0.457 e. The second-order valence-corrected chi connectivity index (χ2v) is 12.8. The van der Waals surface area contributed by atoms with Crippen molar-refractivity contribution in [2.24, 2.45) is 5.92 Å². The number of esters is 1. The summed E-state index contributed by atoms with van der Waals surface area (Å²) in [5.74, 6) is -0.783. The minimum absolute atomic E-state index is 0.0100. The fourth-order valence-electron chi connectivity index (χ4n) is 5.26. The first-order chi connectivity index (χ1) is 23.2. The van der Waals surface area contributed by atoms with Crippen LogP contribution < -0.4 is 13.8 Å². The molecule has 1 fully saturated rings. The molecule has 0 radical (unpaired) electrons. The van der Waals surface area contributed by atoms with Gasteiger partial charge in [-0.15, -0.1) is 0 Å². The number of amides is 1. The highest BCUT2D eigenvalue weighted by molar-refractivity contribution is 7.87. The van der Waals surface area contributed by atoms with Crippen LogP contribution in [0.3, 0.4) is 0 Å². The van der Waals surface area contributed by atoms with Gasteiger partial charge in [0.15, 0.2) is 12.4 Å². The molecule has 0 unspecified atom stereocenters. The van der Waals surface area contributed by atoms with E-state index in [0.29, 0.717) is 17.2 Å². The number of hydrogen-bond donors (Lipinski definition) is 0. The van der Waals surface area contributed by atoms with E-state index in [1.54, 1.807) is 36.4 Å². The lowest BCUT2D eigenvalue weighted by Crippen LogP contribution is -2.27. The van der Waals surface area contributed by atoms with Crippen LogP contribution in [0.5, 0.6) is 17.2 Å². The molecule has 1 aliphatic rings. The molecule has 1 aliphatic heterocycles. The average Bonchev–Trinajstić information content (AvgIpc) is 3.50. The van der Waals surface area contributed by atoms with E-state index in [9.17, 15) is 22.8 Å². The highest BCUT2D eigenvalue weighted by Crippen LogP contribution is 2.34. The molecule has 1 amide bonds. The summed E-state index contributed by atoms with van der Waals surface area (Å²) in [5, 5.41) is 0. The van der Waals surface area contributed by atoms with Crippen molar-refractivity contribution in [2.45, 2.75) is 18.2 Å². The molecule has 242 valence electrons. The van der Waals surface area contributed by atoms with E-state index in [1.807, 2.05) is 61.5 Å². The molecule has 0 aromatic heterocycles. The lowest BCUT2D eigenvalue weighted by Gasteiger charge is -2.17. The van der Waals surface area contributed by atoms with E-state index >= 15 is 0 Å². The topological polar surface area (TPSA) is 116 Å². The summed E-state index contributed by atoms with van der Waals surface area (Å²) in [6.07, 6.45) is -0.0444. The first kappa shape index (κ1) is 32.2. The molecule has 0 saturated carbocycles. The molecule has 5 aromatic rings. The Bertz CT molecular complexity index is 2040. The van der Waals surface area contributed by atoms with E-state index in [-0.39, 0.29) is 35.1 Å². The SMILES string of the molecule is Cc1ccc(S(=O)(=O)Oc2ccc(C(=O)COC(=O)[C@H]3CC(=O)N(c4ccc(Oc5ccccc5-c5ccccc5)cc4)C3)cc2)cc1. The third-order valence-electron chi connectivity index (χ3n) is 7.84. The van der Waals surface area contributed by atoms with Gasteiger partial charge in [-0.05, 0) is 79.2 Å². The number of carbonyl (C=O) groups excluding carboxylic acids is 3. The van der Waals surface area contributed by atoms with Crippen LogP contribution in [0.1, 0.15) is 22.3 Å². The minimum Gasteiger partial charge on any atom is -0.457 e. The van der Waals surface area contributed by atoms with Crippen LogP contribution in [0, 0.1) is 12.8 Å². The van der Waals surface area contributed by atoms with Crippen LogP contribution >= 0.6 is 0 Å². The maximum absolute atomic E-state index is 12.8. The van der Waals surface area contributed by atoms with Crippen molar-refractivity contribution in [1.29, 1.82) is 0 Å². The molecule has 0 bridgehead atoms. The Morgan fingerprint density at radius 2 is 1.42 bits per heavy atom. The van der Waals surface area contributed by atoms with Crippen LogP contribution in [0.2, 0.25) is 0 Å². The van der Waals surface area contributed by atoms with E-state index in [2.05, 4.69) is 0 Å². The molecule has 0 N–H and O–H groups in total. The third kappa shape index (κ3) is 7.45. The number of para-hydroxylation sites is 1. The number of hydrogen-bond acceptors (Lipinski definition) is 8. The number of ether oxygens (including phenoxy) is 2. The number of anilines is 1. The van der Waals surface area contributed by atoms with Gasteiger partial charge in [0.2, 0.25) is 5.91 Å². The molecule has 0 aliphatic carbocycles. The predicted molar refractivity (Wildman–Crippen MR) is 180 cm³/mol. The number of benzene rings is 5. The number of rotatable bonds is 11. The van der Waals surface area contributed by atoms with Gasteiger partial charge in [0, 0.05) is 29.8 Å². The number of aryl methyl sites for hydroxylation is 1. The molecule has 0 spiro atoms. The predicted octanol–water partition coefficient (Wildman–Crippen LogP) is 7.00. The zero-order chi connectivity index (χ0) is 33.7. The smallest absolute Gasteiger partial charge is 0.339 e. The standard InChI is InChI=1S/C38H31NO8S/c1-26-11-21-33(22-12-26)48(43,44)47-32-17-13-28(14-18-32)35(40)25-45-38(42)29-23-37(41)39(24-29)30-15-19-31(20-16-30)46-36-10-6-5-9-34(36)27-7-3-2-4-8-27/h2-22,29H,23-25H2,1H3/t29-/m0/s1. The Morgan fingerprint density at radius 1 is 0.771 bits per heavy atom. The molecule has 48 heavy (non-hydrogen) atoms. The Kier molecular flexibility index (Phi) is 9.36. The summed E-state index contributed by atoms with van der Waals surface area (Å²) in [6.45, 7) is 1.43. The number of nitrogens with zero attached hydrogens (tertiary/aromatic N) is 1. The zero-order valence-electron chi connectivity index (χ0n) is 25.9. The van der Waals surface area contributed by atoms with Crippen molar-refractivity contribution in [2.75, 3.05) is 18.1 Å². The van der Waals surface area contributed by atoms with E-state index in [0.717, 1.165) is 16.7 Å². The maximum Gasteiger partial charge on any atom is 0.339 e. The van der Waals surface area contributed by atoms with E-state index in [4.69, 9.17) is 13.7 Å². The number of ketones is 1. The Labute approximate surface area is 278 Å². The zero-order valence-corrected chi connectivity index (χ0v) is 26.8. The van der Waals surface area contributed by atoms with Gasteiger partial charge in [-0.25, -0.2) is 0 Å². The summed E-state index contributed by atoms with van der Waals surface area (Å²) in [6, 6.07) is 36.4. The average molecular weight is 662 g/mol. The van der Waals surface area contributed by atoms with Crippen LogP contribution in [-0.4, -0.2) is 39.2 Å². The first-order valence-corrected chi connectivity index (χ1v) is 16.6. The van der Waals surface area contributed by atoms with E-state index in [1.165, 1.54) is 41.3 Å². The van der Waals surface area contributed by atoms with Crippen molar-refractivity contribution >= 4 is 33.5 Å². The van der Waals surface area contributed by atoms with Crippen molar-refractivity contribution in [3.05, 3.63) is 139 Å². The van der Waals surface area contributed by atoms with Gasteiger partial charge in [0.05, 0.1) is 5.92 Å². The number of Topliss-reactive ketones (excluding diaryl/α,β-unsaturated/α-hetero) is 1. The summed E-state index contributed by atoms with van der Waals surface area (Å²) < 4.78 is 41.7. The van der Waals surface area contributed by atoms with Gasteiger partial charge < -0.3 is 18.6 Å². The van der Waals surface area contributed by atoms with Gasteiger partial charge >= 0.3 is 16.1 Å². The van der Waals surface area contributed by atoms with Crippen LogP contribution in [0.25, 0.3) is 11.1 Å². The third-order valence-corrected chi connectivity index (χ3v) is 9.11. The van der Waals surface area contributed by atoms with Crippen LogP contribution in [-0.2, 0) is 24.4 Å². The minimum atomic E-state index is -4.04. The lowest BCUT2D eigenvalue weighted by atomic mass is 10.0. The van der Waals surface area contributed by atoms with Crippen LogP contribution in [0.4, 0.5) is 5.69 Å². The van der Waals surface area contributed by atoms with Gasteiger partial charge in [-0.2, -0.15) is 8.42 Å². The fourth-order valence-corrected chi connectivity index (χ4v) is 6.19. The highest BCUT2D eigenvalue weighted by Gasteiger charge is 2.36. The van der Waals surface area contributed by atoms with Gasteiger partial charge in [0.1, 0.15) is 22.1 Å². The van der Waals surface area contributed by atoms with Crippen molar-refractivity contribution in [1.82, 2.24) is 0 Å². The van der Waals surface area contributed by atoms with Crippen LogP contribution in [0.15, 0.2) is 132 Å². The molecular weight excluding hydrogens is 630 g/mol. The van der Waals surface area contributed by atoms with Crippen molar-refractivity contribution < 1.29 is 36.5 Å². The Morgan fingerprint density at radius 3 is 2.12 bits per heavy atom. The molecule has 9 nitrogen and oxygen atoms in total. The summed E-state index contributed by atoms with van der Waals surface area (Å²) in [4.78, 5) is 39.9. The molecule has 6 rings (SSSR count). The summed E-state index contributed by atoms with van der Waals surface area (Å²) in [7, 11) is -4.04. The summed E-state index contributed by atoms with van der Waals surface area (Å²) in [5.41, 5.74) is 3.71. The normalized spacial score (nSPS) is 14.4. The molecule has 1 saturated heterocycles. The van der Waals surface area contributed by atoms with E-state index < -0.39 is 34.4 Å².